The first-order chi connectivity index (χ1) is 11.2. The highest BCUT2D eigenvalue weighted by Gasteiger charge is 2.66. The van der Waals surface area contributed by atoms with E-state index >= 15 is 0 Å². The van der Waals surface area contributed by atoms with Crippen LogP contribution >= 0.6 is 0 Å². The minimum Gasteiger partial charge on any atom is -0.489 e. The molecule has 1 aromatic carbocycles. The van der Waals surface area contributed by atoms with E-state index in [-0.39, 0.29) is 24.7 Å². The van der Waals surface area contributed by atoms with Gasteiger partial charge in [0.2, 0.25) is 5.91 Å². The van der Waals surface area contributed by atoms with Crippen LogP contribution in [0.25, 0.3) is 0 Å². The smallest absolute Gasteiger partial charge is 0.319 e. The first-order valence-electron chi connectivity index (χ1n) is 8.41. The summed E-state index contributed by atoms with van der Waals surface area (Å²) in [6.07, 6.45) is 3.62. The molecule has 2 heterocycles. The van der Waals surface area contributed by atoms with Gasteiger partial charge in [0.15, 0.2) is 0 Å². The summed E-state index contributed by atoms with van der Waals surface area (Å²) >= 11 is 0. The highest BCUT2D eigenvalue weighted by molar-refractivity contribution is 6.01. The van der Waals surface area contributed by atoms with Gasteiger partial charge < -0.3 is 14.8 Å². The van der Waals surface area contributed by atoms with Crippen molar-refractivity contribution in [2.45, 2.75) is 44.8 Å². The van der Waals surface area contributed by atoms with Gasteiger partial charge in [0.1, 0.15) is 17.8 Å². The molecule has 1 saturated carbocycles. The van der Waals surface area contributed by atoms with Crippen LogP contribution in [0.1, 0.15) is 44.2 Å². The second-order valence-corrected chi connectivity index (χ2v) is 6.63. The normalized spacial score (nSPS) is 34.5. The molecule has 0 unspecified atom stereocenters. The fraction of sp³-hybridized carbons (Fsp3) is 0.556. The Morgan fingerprint density at radius 3 is 3.04 bits per heavy atom. The van der Waals surface area contributed by atoms with Gasteiger partial charge in [-0.1, -0.05) is 24.6 Å². The molecule has 3 aliphatic rings. The van der Waals surface area contributed by atoms with Gasteiger partial charge in [-0.3, -0.25) is 9.59 Å². The number of nitrogens with one attached hydrogen (secondary N) is 1. The van der Waals surface area contributed by atoms with Gasteiger partial charge in [0, 0.05) is 5.56 Å². The molecule has 1 aliphatic carbocycles. The van der Waals surface area contributed by atoms with Gasteiger partial charge in [-0.25, -0.2) is 0 Å². The molecule has 0 radical (unpaired) electrons. The van der Waals surface area contributed by atoms with Crippen molar-refractivity contribution in [3.63, 3.8) is 0 Å². The molecule has 23 heavy (non-hydrogen) atoms. The topological polar surface area (TPSA) is 64.6 Å². The number of rotatable bonds is 2. The summed E-state index contributed by atoms with van der Waals surface area (Å²) in [5, 5.41) is 3.07. The van der Waals surface area contributed by atoms with Crippen LogP contribution in [-0.2, 0) is 14.3 Å². The van der Waals surface area contributed by atoms with E-state index in [2.05, 4.69) is 5.32 Å². The molecule has 1 saturated heterocycles. The zero-order chi connectivity index (χ0) is 16.0. The fourth-order valence-electron chi connectivity index (χ4n) is 4.69. The van der Waals surface area contributed by atoms with Crippen LogP contribution in [0, 0.1) is 11.3 Å². The van der Waals surface area contributed by atoms with Crippen LogP contribution in [-0.4, -0.2) is 24.6 Å². The maximum Gasteiger partial charge on any atom is 0.319 e. The average Bonchev–Trinajstić information content (AvgIpc) is 2.85. The molecule has 5 heteroatoms. The Hall–Kier alpha value is -2.04. The number of esters is 1. The molecule has 1 aromatic rings. The molecule has 122 valence electrons. The molecular weight excluding hydrogens is 294 g/mol. The van der Waals surface area contributed by atoms with Crippen molar-refractivity contribution in [3.05, 3.63) is 29.8 Å². The molecule has 1 amide bonds. The number of hydrogen-bond acceptors (Lipinski definition) is 4. The molecule has 0 bridgehead atoms. The Kier molecular flexibility index (Phi) is 3.32. The Balaban J connectivity index is 1.85. The van der Waals surface area contributed by atoms with E-state index in [0.717, 1.165) is 37.0 Å². The average molecular weight is 315 g/mol. The van der Waals surface area contributed by atoms with Crippen molar-refractivity contribution in [2.24, 2.45) is 11.3 Å². The summed E-state index contributed by atoms with van der Waals surface area (Å²) in [6.45, 7) is 2.05. The monoisotopic (exact) mass is 315 g/mol. The summed E-state index contributed by atoms with van der Waals surface area (Å²) in [4.78, 5) is 25.2. The maximum atomic E-state index is 12.6. The number of fused-ring (bicyclic) bond motifs is 2. The lowest BCUT2D eigenvalue weighted by Gasteiger charge is -2.49. The largest absolute Gasteiger partial charge is 0.489 e. The highest BCUT2D eigenvalue weighted by atomic mass is 16.5. The van der Waals surface area contributed by atoms with Crippen LogP contribution in [0.3, 0.4) is 0 Å². The third-order valence-electron chi connectivity index (χ3n) is 5.57. The standard InChI is InChI=1S/C18H21NO4/c1-2-22-17(21)14-16(20)19-15-11-7-3-4-8-12(11)23-13-9-5-6-10-18(13,14)15/h3-4,7-8,13-15H,2,5-6,9-10H2,1H3,(H,19,20)/t13-,14-,15+,18+/m0/s1. The van der Waals surface area contributed by atoms with Crippen molar-refractivity contribution in [2.75, 3.05) is 6.61 Å². The van der Waals surface area contributed by atoms with Crippen molar-refractivity contribution in [1.29, 1.82) is 0 Å². The number of carbonyl (C=O) groups excluding carboxylic acids is 2. The van der Waals surface area contributed by atoms with Gasteiger partial charge >= 0.3 is 5.97 Å². The van der Waals surface area contributed by atoms with E-state index in [1.165, 1.54) is 0 Å². The second kappa shape index (κ2) is 5.25. The summed E-state index contributed by atoms with van der Waals surface area (Å²) in [7, 11) is 0. The number of hydrogen-bond donors (Lipinski definition) is 1. The minimum absolute atomic E-state index is 0.121. The summed E-state index contributed by atoms with van der Waals surface area (Å²) in [6, 6.07) is 7.65. The zero-order valence-corrected chi connectivity index (χ0v) is 13.2. The maximum absolute atomic E-state index is 12.6. The van der Waals surface area contributed by atoms with Crippen LogP contribution in [0.15, 0.2) is 24.3 Å². The van der Waals surface area contributed by atoms with Gasteiger partial charge in [-0.15, -0.1) is 0 Å². The van der Waals surface area contributed by atoms with Gasteiger partial charge in [-0.05, 0) is 32.3 Å². The highest BCUT2D eigenvalue weighted by Crippen LogP contribution is 2.60. The molecule has 2 fully saturated rings. The predicted molar refractivity (Wildman–Crippen MR) is 82.8 cm³/mol. The number of carbonyl (C=O) groups is 2. The molecule has 4 atom stereocenters. The number of ether oxygens (including phenoxy) is 2. The molecule has 4 rings (SSSR count). The van der Waals surface area contributed by atoms with Crippen LogP contribution in [0.5, 0.6) is 5.75 Å². The third-order valence-corrected chi connectivity index (χ3v) is 5.57. The van der Waals surface area contributed by atoms with E-state index in [9.17, 15) is 9.59 Å². The molecule has 0 aromatic heterocycles. The van der Waals surface area contributed by atoms with Crippen LogP contribution < -0.4 is 10.1 Å². The summed E-state index contributed by atoms with van der Waals surface area (Å²) < 4.78 is 11.5. The minimum atomic E-state index is -0.772. The summed E-state index contributed by atoms with van der Waals surface area (Å²) in [5.74, 6) is -0.584. The predicted octanol–water partition coefficient (Wildman–Crippen LogP) is 2.36. The lowest BCUT2D eigenvalue weighted by molar-refractivity contribution is -0.161. The third kappa shape index (κ3) is 1.92. The molecule has 1 spiro atoms. The number of benzene rings is 1. The molecular formula is C18H21NO4. The van der Waals surface area contributed by atoms with Crippen LogP contribution in [0.2, 0.25) is 0 Å². The van der Waals surface area contributed by atoms with Crippen molar-refractivity contribution in [3.8, 4) is 5.75 Å². The fourth-order valence-corrected chi connectivity index (χ4v) is 4.69. The molecule has 2 aliphatic heterocycles. The van der Waals surface area contributed by atoms with Crippen molar-refractivity contribution in [1.82, 2.24) is 5.32 Å². The van der Waals surface area contributed by atoms with Crippen LogP contribution in [0.4, 0.5) is 0 Å². The van der Waals surface area contributed by atoms with Gasteiger partial charge in [-0.2, -0.15) is 0 Å². The second-order valence-electron chi connectivity index (χ2n) is 6.63. The first kappa shape index (κ1) is 14.5. The van der Waals surface area contributed by atoms with E-state index in [4.69, 9.17) is 9.47 Å². The van der Waals surface area contributed by atoms with E-state index < -0.39 is 17.3 Å². The molecule has 5 nitrogen and oxygen atoms in total. The van der Waals surface area contributed by atoms with E-state index in [1.54, 1.807) is 6.92 Å². The lowest BCUT2D eigenvalue weighted by Crippen LogP contribution is -2.53. The SMILES string of the molecule is CCOC(=O)[C@@H]1C(=O)N[C@@H]2c3ccccc3O[C@H]3CCCC[C@]132. The lowest BCUT2D eigenvalue weighted by atomic mass is 9.59. The zero-order valence-electron chi connectivity index (χ0n) is 13.2. The Morgan fingerprint density at radius 1 is 1.39 bits per heavy atom. The Bertz CT molecular complexity index is 658. The molecule has 1 N–H and O–H groups in total. The number of para-hydroxylation sites is 1. The summed E-state index contributed by atoms with van der Waals surface area (Å²) in [5.41, 5.74) is 0.460. The van der Waals surface area contributed by atoms with Crippen molar-refractivity contribution >= 4 is 11.9 Å². The van der Waals surface area contributed by atoms with E-state index in [0.29, 0.717) is 0 Å². The first-order valence-corrected chi connectivity index (χ1v) is 8.41. The number of amides is 1. The Morgan fingerprint density at radius 2 is 2.22 bits per heavy atom. The van der Waals surface area contributed by atoms with Gasteiger partial charge in [0.05, 0.1) is 18.1 Å². The van der Waals surface area contributed by atoms with E-state index in [1.807, 2.05) is 24.3 Å². The Labute approximate surface area is 135 Å². The van der Waals surface area contributed by atoms with Crippen molar-refractivity contribution < 1.29 is 19.1 Å². The quantitative estimate of drug-likeness (QED) is 0.672. The van der Waals surface area contributed by atoms with Gasteiger partial charge in [0.25, 0.3) is 0 Å².